The molecule has 3 atom stereocenters. The second-order valence-corrected chi connectivity index (χ2v) is 4.21. The van der Waals surface area contributed by atoms with Crippen LogP contribution in [0.15, 0.2) is 0 Å². The van der Waals surface area contributed by atoms with Gasteiger partial charge in [-0.2, -0.15) is 5.26 Å². The third kappa shape index (κ3) is 2.26. The van der Waals surface area contributed by atoms with E-state index in [-0.39, 0.29) is 6.04 Å². The summed E-state index contributed by atoms with van der Waals surface area (Å²) >= 11 is 0. The Morgan fingerprint density at radius 2 is 2.36 bits per heavy atom. The first-order chi connectivity index (χ1) is 6.74. The van der Waals surface area contributed by atoms with Gasteiger partial charge >= 0.3 is 0 Å². The van der Waals surface area contributed by atoms with E-state index in [9.17, 15) is 0 Å². The third-order valence-corrected chi connectivity index (χ3v) is 3.34. The highest BCUT2D eigenvalue weighted by atomic mass is 15.2. The average Bonchev–Trinajstić information content (AvgIpc) is 2.20. The summed E-state index contributed by atoms with van der Waals surface area (Å²) in [7, 11) is 0. The van der Waals surface area contributed by atoms with Gasteiger partial charge in [0.25, 0.3) is 0 Å². The molecule has 1 aliphatic heterocycles. The number of nitrogens with zero attached hydrogens (tertiary/aromatic N) is 2. The number of piperidine rings is 1. The van der Waals surface area contributed by atoms with Crippen LogP contribution in [0.25, 0.3) is 0 Å². The molecule has 0 spiro atoms. The molecule has 1 saturated heterocycles. The summed E-state index contributed by atoms with van der Waals surface area (Å²) in [6.45, 7) is 6.03. The van der Waals surface area contributed by atoms with Gasteiger partial charge in [-0.25, -0.2) is 0 Å². The molecule has 1 heterocycles. The number of hydrogen-bond acceptors (Lipinski definition) is 3. The summed E-state index contributed by atoms with van der Waals surface area (Å²) in [4.78, 5) is 2.30. The molecule has 80 valence electrons. The standard InChI is InChI=1S/C11H21N3/c1-3-10(7-12)14-6-4-5-9(2)11(14)8-13/h9-11H,3-6,8,13H2,1-2H3. The lowest BCUT2D eigenvalue weighted by atomic mass is 9.89. The van der Waals surface area contributed by atoms with Crippen LogP contribution in [-0.4, -0.2) is 30.1 Å². The van der Waals surface area contributed by atoms with Crippen LogP contribution in [-0.2, 0) is 0 Å². The minimum atomic E-state index is 0.0614. The molecular weight excluding hydrogens is 174 g/mol. The molecule has 0 amide bonds. The van der Waals surface area contributed by atoms with Gasteiger partial charge in [0, 0.05) is 12.6 Å². The van der Waals surface area contributed by atoms with Crippen molar-refractivity contribution in [1.82, 2.24) is 4.90 Å². The maximum absolute atomic E-state index is 9.05. The van der Waals surface area contributed by atoms with Crippen LogP contribution in [0.1, 0.15) is 33.1 Å². The first kappa shape index (κ1) is 11.5. The van der Waals surface area contributed by atoms with E-state index in [1.165, 1.54) is 12.8 Å². The quantitative estimate of drug-likeness (QED) is 0.739. The highest BCUT2D eigenvalue weighted by molar-refractivity contribution is 4.96. The summed E-state index contributed by atoms with van der Waals surface area (Å²) in [5, 5.41) is 9.05. The molecule has 0 aromatic rings. The topological polar surface area (TPSA) is 53.0 Å². The minimum absolute atomic E-state index is 0.0614. The summed E-state index contributed by atoms with van der Waals surface area (Å²) in [5.41, 5.74) is 5.78. The number of hydrogen-bond donors (Lipinski definition) is 1. The molecule has 1 aliphatic rings. The van der Waals surface area contributed by atoms with E-state index in [1.807, 2.05) is 0 Å². The predicted octanol–water partition coefficient (Wildman–Crippen LogP) is 1.35. The maximum Gasteiger partial charge on any atom is 0.0978 e. The Hall–Kier alpha value is -0.590. The Morgan fingerprint density at radius 1 is 1.64 bits per heavy atom. The maximum atomic E-state index is 9.05. The first-order valence-electron chi connectivity index (χ1n) is 5.60. The third-order valence-electron chi connectivity index (χ3n) is 3.34. The second-order valence-electron chi connectivity index (χ2n) is 4.21. The van der Waals surface area contributed by atoms with Gasteiger partial charge in [0.1, 0.15) is 0 Å². The monoisotopic (exact) mass is 195 g/mol. The van der Waals surface area contributed by atoms with Crippen LogP contribution < -0.4 is 5.73 Å². The van der Waals surface area contributed by atoms with Crippen LogP contribution in [0.2, 0.25) is 0 Å². The van der Waals surface area contributed by atoms with Crippen LogP contribution in [0, 0.1) is 17.2 Å². The Kier molecular flexibility index (Phi) is 4.37. The van der Waals surface area contributed by atoms with Gasteiger partial charge in [-0.1, -0.05) is 13.8 Å². The van der Waals surface area contributed by atoms with Gasteiger partial charge in [-0.3, -0.25) is 4.90 Å². The molecule has 3 nitrogen and oxygen atoms in total. The van der Waals surface area contributed by atoms with E-state index in [4.69, 9.17) is 11.0 Å². The van der Waals surface area contributed by atoms with Crippen molar-refractivity contribution >= 4 is 0 Å². The van der Waals surface area contributed by atoms with Crippen molar-refractivity contribution in [3.8, 4) is 6.07 Å². The summed E-state index contributed by atoms with van der Waals surface area (Å²) in [6.07, 6.45) is 3.36. The number of nitriles is 1. The number of rotatable bonds is 3. The molecule has 2 N–H and O–H groups in total. The highest BCUT2D eigenvalue weighted by Gasteiger charge is 2.31. The Balaban J connectivity index is 2.69. The van der Waals surface area contributed by atoms with Crippen molar-refractivity contribution in [3.05, 3.63) is 0 Å². The zero-order chi connectivity index (χ0) is 10.6. The Bertz CT molecular complexity index is 209. The molecule has 3 unspecified atom stereocenters. The van der Waals surface area contributed by atoms with Gasteiger partial charge in [0.05, 0.1) is 12.1 Å². The van der Waals surface area contributed by atoms with Gasteiger partial charge in [0.2, 0.25) is 0 Å². The van der Waals surface area contributed by atoms with E-state index >= 15 is 0 Å². The Labute approximate surface area is 86.9 Å². The molecule has 0 aromatic heterocycles. The van der Waals surface area contributed by atoms with E-state index in [0.717, 1.165) is 13.0 Å². The highest BCUT2D eigenvalue weighted by Crippen LogP contribution is 2.25. The minimum Gasteiger partial charge on any atom is -0.329 e. The molecule has 1 fully saturated rings. The van der Waals surface area contributed by atoms with Gasteiger partial charge < -0.3 is 5.73 Å². The van der Waals surface area contributed by atoms with E-state index in [1.54, 1.807) is 0 Å². The second kappa shape index (κ2) is 5.33. The Morgan fingerprint density at radius 3 is 2.86 bits per heavy atom. The molecule has 0 aliphatic carbocycles. The predicted molar refractivity (Wildman–Crippen MR) is 57.6 cm³/mol. The van der Waals surface area contributed by atoms with E-state index in [0.29, 0.717) is 18.5 Å². The summed E-state index contributed by atoms with van der Waals surface area (Å²) in [5.74, 6) is 0.635. The molecule has 1 rings (SSSR count). The van der Waals surface area contributed by atoms with Crippen molar-refractivity contribution in [1.29, 1.82) is 5.26 Å². The molecular formula is C11H21N3. The fraction of sp³-hybridized carbons (Fsp3) is 0.909. The lowest BCUT2D eigenvalue weighted by molar-refractivity contribution is 0.0815. The number of likely N-dealkylation sites (tertiary alicyclic amines) is 1. The van der Waals surface area contributed by atoms with Crippen molar-refractivity contribution < 1.29 is 0 Å². The molecule has 0 radical (unpaired) electrons. The SMILES string of the molecule is CCC(C#N)N1CCCC(C)C1CN. The van der Waals surface area contributed by atoms with Gasteiger partial charge in [0.15, 0.2) is 0 Å². The fourth-order valence-corrected chi connectivity index (χ4v) is 2.44. The van der Waals surface area contributed by atoms with Gasteiger partial charge in [-0.05, 0) is 31.7 Å². The summed E-state index contributed by atoms with van der Waals surface area (Å²) < 4.78 is 0. The van der Waals surface area contributed by atoms with Crippen molar-refractivity contribution in [2.24, 2.45) is 11.7 Å². The molecule has 3 heteroatoms. The van der Waals surface area contributed by atoms with Crippen LogP contribution in [0.4, 0.5) is 0 Å². The normalized spacial score (nSPS) is 31.0. The zero-order valence-corrected chi connectivity index (χ0v) is 9.24. The smallest absolute Gasteiger partial charge is 0.0978 e. The fourth-order valence-electron chi connectivity index (χ4n) is 2.44. The van der Waals surface area contributed by atoms with Crippen LogP contribution >= 0.6 is 0 Å². The molecule has 0 bridgehead atoms. The van der Waals surface area contributed by atoms with Crippen LogP contribution in [0.5, 0.6) is 0 Å². The lowest BCUT2D eigenvalue weighted by Crippen LogP contribution is -2.52. The number of nitrogens with two attached hydrogens (primary N) is 1. The first-order valence-corrected chi connectivity index (χ1v) is 5.60. The summed E-state index contributed by atoms with van der Waals surface area (Å²) in [6, 6.07) is 2.85. The lowest BCUT2D eigenvalue weighted by Gasteiger charge is -2.41. The average molecular weight is 195 g/mol. The van der Waals surface area contributed by atoms with Crippen molar-refractivity contribution in [2.75, 3.05) is 13.1 Å². The largest absolute Gasteiger partial charge is 0.329 e. The molecule has 14 heavy (non-hydrogen) atoms. The van der Waals surface area contributed by atoms with Gasteiger partial charge in [-0.15, -0.1) is 0 Å². The molecule has 0 saturated carbocycles. The van der Waals surface area contributed by atoms with Crippen LogP contribution in [0.3, 0.4) is 0 Å². The van der Waals surface area contributed by atoms with E-state index < -0.39 is 0 Å². The zero-order valence-electron chi connectivity index (χ0n) is 9.24. The molecule has 0 aromatic carbocycles. The van der Waals surface area contributed by atoms with Crippen molar-refractivity contribution in [2.45, 2.75) is 45.2 Å². The van der Waals surface area contributed by atoms with Crippen molar-refractivity contribution in [3.63, 3.8) is 0 Å². The van der Waals surface area contributed by atoms with E-state index in [2.05, 4.69) is 24.8 Å².